The van der Waals surface area contributed by atoms with Crippen molar-refractivity contribution >= 4 is 0 Å². The quantitative estimate of drug-likeness (QED) is 0.909. The van der Waals surface area contributed by atoms with Gasteiger partial charge in [0.25, 0.3) is 0 Å². The lowest BCUT2D eigenvalue weighted by molar-refractivity contribution is 0.0965. The standard InChI is InChI=1S/C17H27FN2/c1-17(2)9-7-15(8-10-17)20(3)16(12-19)13-5-4-6-14(18)11-13/h4-6,11,15-16H,7-10,12,19H2,1-3H3. The Bertz CT molecular complexity index is 434. The number of nitrogens with two attached hydrogens (primary N) is 1. The number of likely N-dealkylation sites (N-methyl/N-ethyl adjacent to an activating group) is 1. The zero-order valence-electron chi connectivity index (χ0n) is 12.9. The molecule has 2 nitrogen and oxygen atoms in total. The van der Waals surface area contributed by atoms with Crippen LogP contribution >= 0.6 is 0 Å². The molecule has 0 aliphatic heterocycles. The Morgan fingerprint density at radius 3 is 2.55 bits per heavy atom. The first-order chi connectivity index (χ1) is 9.43. The topological polar surface area (TPSA) is 29.3 Å². The largest absolute Gasteiger partial charge is 0.329 e. The van der Waals surface area contributed by atoms with Gasteiger partial charge < -0.3 is 5.73 Å². The summed E-state index contributed by atoms with van der Waals surface area (Å²) in [7, 11) is 2.13. The van der Waals surface area contributed by atoms with Gasteiger partial charge in [0, 0.05) is 18.6 Å². The number of hydrogen-bond acceptors (Lipinski definition) is 2. The Morgan fingerprint density at radius 1 is 1.35 bits per heavy atom. The second-order valence-electron chi connectivity index (χ2n) is 6.87. The van der Waals surface area contributed by atoms with Crippen LogP contribution in [0.3, 0.4) is 0 Å². The molecule has 1 aliphatic rings. The molecule has 1 atom stereocenters. The van der Waals surface area contributed by atoms with Crippen LogP contribution in [0.1, 0.15) is 51.1 Å². The van der Waals surface area contributed by atoms with Crippen molar-refractivity contribution in [3.8, 4) is 0 Å². The highest BCUT2D eigenvalue weighted by molar-refractivity contribution is 5.20. The van der Waals surface area contributed by atoms with Gasteiger partial charge in [0.1, 0.15) is 5.82 Å². The molecule has 0 bridgehead atoms. The van der Waals surface area contributed by atoms with Gasteiger partial charge in [0.05, 0.1) is 0 Å². The van der Waals surface area contributed by atoms with Crippen LogP contribution in [0.5, 0.6) is 0 Å². The molecule has 0 saturated heterocycles. The van der Waals surface area contributed by atoms with E-state index in [4.69, 9.17) is 5.73 Å². The molecule has 2 N–H and O–H groups in total. The summed E-state index contributed by atoms with van der Waals surface area (Å²) in [4.78, 5) is 2.35. The van der Waals surface area contributed by atoms with Crippen LogP contribution in [0.25, 0.3) is 0 Å². The average molecular weight is 278 g/mol. The van der Waals surface area contributed by atoms with Crippen molar-refractivity contribution in [2.75, 3.05) is 13.6 Å². The van der Waals surface area contributed by atoms with Crippen LogP contribution in [0.2, 0.25) is 0 Å². The molecule has 0 heterocycles. The third-order valence-corrected chi connectivity index (χ3v) is 4.83. The highest BCUT2D eigenvalue weighted by atomic mass is 19.1. The summed E-state index contributed by atoms with van der Waals surface area (Å²) < 4.78 is 13.4. The molecule has 2 rings (SSSR count). The summed E-state index contributed by atoms with van der Waals surface area (Å²) in [5.74, 6) is -0.181. The van der Waals surface area contributed by atoms with E-state index in [1.54, 1.807) is 12.1 Å². The minimum absolute atomic E-state index is 0.108. The van der Waals surface area contributed by atoms with Gasteiger partial charge in [0.2, 0.25) is 0 Å². The molecule has 1 aromatic rings. The SMILES string of the molecule is CN(C1CCC(C)(C)CC1)C(CN)c1cccc(F)c1. The molecule has 0 spiro atoms. The maximum absolute atomic E-state index is 13.4. The normalized spacial score (nSPS) is 21.1. The van der Waals surface area contributed by atoms with Crippen molar-refractivity contribution in [1.29, 1.82) is 0 Å². The third-order valence-electron chi connectivity index (χ3n) is 4.83. The van der Waals surface area contributed by atoms with Crippen LogP contribution in [0.15, 0.2) is 24.3 Å². The number of benzene rings is 1. The summed E-state index contributed by atoms with van der Waals surface area (Å²) in [6.07, 6.45) is 4.91. The van der Waals surface area contributed by atoms with E-state index in [1.165, 1.54) is 31.7 Å². The lowest BCUT2D eigenvalue weighted by atomic mass is 9.75. The van der Waals surface area contributed by atoms with Crippen molar-refractivity contribution in [2.45, 2.75) is 51.6 Å². The van der Waals surface area contributed by atoms with Crippen LogP contribution < -0.4 is 5.73 Å². The lowest BCUT2D eigenvalue weighted by Gasteiger charge is -2.41. The highest BCUT2D eigenvalue weighted by Gasteiger charge is 2.31. The molecule has 1 aromatic carbocycles. The number of nitrogens with zero attached hydrogens (tertiary/aromatic N) is 1. The molecule has 112 valence electrons. The van der Waals surface area contributed by atoms with E-state index < -0.39 is 0 Å². The monoisotopic (exact) mass is 278 g/mol. The molecular weight excluding hydrogens is 251 g/mol. The minimum atomic E-state index is -0.181. The Labute approximate surface area is 122 Å². The Balaban J connectivity index is 2.08. The summed E-state index contributed by atoms with van der Waals surface area (Å²) >= 11 is 0. The van der Waals surface area contributed by atoms with Crippen molar-refractivity contribution in [2.24, 2.45) is 11.1 Å². The molecule has 0 amide bonds. The minimum Gasteiger partial charge on any atom is -0.329 e. The fourth-order valence-corrected chi connectivity index (χ4v) is 3.30. The lowest BCUT2D eigenvalue weighted by Crippen LogP contribution is -2.41. The van der Waals surface area contributed by atoms with E-state index in [0.717, 1.165) is 5.56 Å². The second-order valence-corrected chi connectivity index (χ2v) is 6.87. The van der Waals surface area contributed by atoms with E-state index >= 15 is 0 Å². The fourth-order valence-electron chi connectivity index (χ4n) is 3.30. The summed E-state index contributed by atoms with van der Waals surface area (Å²) in [6.45, 7) is 5.21. The zero-order valence-corrected chi connectivity index (χ0v) is 12.9. The molecular formula is C17H27FN2. The van der Waals surface area contributed by atoms with Crippen molar-refractivity contribution in [1.82, 2.24) is 4.90 Å². The smallest absolute Gasteiger partial charge is 0.123 e. The van der Waals surface area contributed by atoms with Crippen LogP contribution in [-0.4, -0.2) is 24.5 Å². The number of hydrogen-bond donors (Lipinski definition) is 1. The molecule has 1 unspecified atom stereocenters. The first-order valence-corrected chi connectivity index (χ1v) is 7.60. The van der Waals surface area contributed by atoms with E-state index in [-0.39, 0.29) is 11.9 Å². The average Bonchev–Trinajstić information content (AvgIpc) is 2.39. The van der Waals surface area contributed by atoms with E-state index in [1.807, 2.05) is 6.07 Å². The maximum Gasteiger partial charge on any atom is 0.123 e. The number of rotatable bonds is 4. The highest BCUT2D eigenvalue weighted by Crippen LogP contribution is 2.38. The van der Waals surface area contributed by atoms with E-state index in [2.05, 4.69) is 25.8 Å². The Morgan fingerprint density at radius 2 is 2.00 bits per heavy atom. The molecule has 0 radical (unpaired) electrons. The van der Waals surface area contributed by atoms with Gasteiger partial charge in [-0.05, 0) is 55.8 Å². The summed E-state index contributed by atoms with van der Waals surface area (Å²) in [5.41, 5.74) is 7.40. The van der Waals surface area contributed by atoms with Gasteiger partial charge in [-0.3, -0.25) is 4.90 Å². The van der Waals surface area contributed by atoms with Gasteiger partial charge in [-0.25, -0.2) is 4.39 Å². The van der Waals surface area contributed by atoms with Crippen molar-refractivity contribution < 1.29 is 4.39 Å². The first-order valence-electron chi connectivity index (χ1n) is 7.60. The summed E-state index contributed by atoms with van der Waals surface area (Å²) in [5, 5.41) is 0. The van der Waals surface area contributed by atoms with Gasteiger partial charge in [0.15, 0.2) is 0 Å². The molecule has 0 aromatic heterocycles. The Kier molecular flexibility index (Phi) is 4.82. The van der Waals surface area contributed by atoms with Crippen LogP contribution in [0, 0.1) is 11.2 Å². The van der Waals surface area contributed by atoms with E-state index in [0.29, 0.717) is 18.0 Å². The summed E-state index contributed by atoms with van der Waals surface area (Å²) in [6, 6.07) is 7.51. The van der Waals surface area contributed by atoms with Gasteiger partial charge >= 0.3 is 0 Å². The third kappa shape index (κ3) is 3.58. The first kappa shape index (κ1) is 15.5. The van der Waals surface area contributed by atoms with Gasteiger partial charge in [-0.1, -0.05) is 26.0 Å². The molecule has 1 saturated carbocycles. The molecule has 20 heavy (non-hydrogen) atoms. The second kappa shape index (κ2) is 6.23. The maximum atomic E-state index is 13.4. The molecule has 1 aliphatic carbocycles. The molecule has 3 heteroatoms. The van der Waals surface area contributed by atoms with Gasteiger partial charge in [-0.2, -0.15) is 0 Å². The van der Waals surface area contributed by atoms with Crippen molar-refractivity contribution in [3.63, 3.8) is 0 Å². The van der Waals surface area contributed by atoms with Crippen LogP contribution in [0.4, 0.5) is 4.39 Å². The molecule has 1 fully saturated rings. The Hall–Kier alpha value is -0.930. The van der Waals surface area contributed by atoms with Gasteiger partial charge in [-0.15, -0.1) is 0 Å². The van der Waals surface area contributed by atoms with Crippen LogP contribution in [-0.2, 0) is 0 Å². The fraction of sp³-hybridized carbons (Fsp3) is 0.647. The van der Waals surface area contributed by atoms with E-state index in [9.17, 15) is 4.39 Å². The predicted octanol–water partition coefficient (Wildman–Crippen LogP) is 3.73. The zero-order chi connectivity index (χ0) is 14.8. The van der Waals surface area contributed by atoms with Crippen molar-refractivity contribution in [3.05, 3.63) is 35.6 Å². The predicted molar refractivity (Wildman–Crippen MR) is 82.0 cm³/mol. The number of halogens is 1.